The van der Waals surface area contributed by atoms with Crippen LogP contribution in [0.5, 0.6) is 0 Å². The van der Waals surface area contributed by atoms with Crippen molar-refractivity contribution in [1.29, 1.82) is 0 Å². The molecule has 3 aromatic carbocycles. The molecule has 1 aliphatic rings. The zero-order valence-corrected chi connectivity index (χ0v) is 20.1. The summed E-state index contributed by atoms with van der Waals surface area (Å²) in [5, 5.41) is 14.5. The third kappa shape index (κ3) is 5.54. The Morgan fingerprint density at radius 3 is 2.17 bits per heavy atom. The smallest absolute Gasteiger partial charge is 0.335 e. The maximum absolute atomic E-state index is 14.5. The maximum atomic E-state index is 14.5. The Labute approximate surface area is 208 Å². The molecule has 0 saturated carbocycles. The average Bonchev–Trinajstić information content (AvgIpc) is 3.36. The Kier molecular flexibility index (Phi) is 7.33. The van der Waals surface area contributed by atoms with Crippen molar-refractivity contribution in [3.8, 4) is 11.1 Å². The van der Waals surface area contributed by atoms with Crippen molar-refractivity contribution in [3.63, 3.8) is 0 Å². The Hall–Kier alpha value is -4.20. The van der Waals surface area contributed by atoms with Gasteiger partial charge in [-0.25, -0.2) is 14.0 Å². The van der Waals surface area contributed by atoms with Crippen molar-refractivity contribution in [1.82, 2.24) is 4.90 Å². The van der Waals surface area contributed by atoms with Crippen molar-refractivity contribution in [2.75, 3.05) is 17.2 Å². The molecule has 0 spiro atoms. The molecule has 0 radical (unpaired) electrons. The van der Waals surface area contributed by atoms with Gasteiger partial charge in [-0.05, 0) is 71.8 Å². The highest BCUT2D eigenvalue weighted by atomic mass is 19.1. The summed E-state index contributed by atoms with van der Waals surface area (Å²) in [7, 11) is 0. The summed E-state index contributed by atoms with van der Waals surface area (Å²) >= 11 is 0. The van der Waals surface area contributed by atoms with Gasteiger partial charge in [0.2, 0.25) is 5.91 Å². The van der Waals surface area contributed by atoms with Gasteiger partial charge in [0.1, 0.15) is 11.9 Å². The van der Waals surface area contributed by atoms with Gasteiger partial charge in [0.25, 0.3) is 0 Å². The second-order valence-corrected chi connectivity index (χ2v) is 9.12. The minimum absolute atomic E-state index is 0.0856. The predicted molar refractivity (Wildman–Crippen MR) is 137 cm³/mol. The van der Waals surface area contributed by atoms with E-state index in [9.17, 15) is 18.8 Å². The lowest BCUT2D eigenvalue weighted by atomic mass is 10.0. The van der Waals surface area contributed by atoms with E-state index in [0.717, 1.165) is 16.7 Å². The molecule has 3 N–H and O–H groups in total. The Balaban J connectivity index is 1.39. The molecule has 1 heterocycles. The third-order valence-electron chi connectivity index (χ3n) is 6.34. The summed E-state index contributed by atoms with van der Waals surface area (Å²) in [6.07, 6.45) is 1.19. The minimum atomic E-state index is -0.983. The summed E-state index contributed by atoms with van der Waals surface area (Å²) < 4.78 is 14.5. The summed E-state index contributed by atoms with van der Waals surface area (Å²) in [4.78, 5) is 38.3. The fraction of sp³-hybridized carbons (Fsp3) is 0.250. The number of carbonyl (C=O) groups excluding carboxylic acids is 2. The highest BCUT2D eigenvalue weighted by molar-refractivity contribution is 5.99. The fourth-order valence-electron chi connectivity index (χ4n) is 4.24. The summed E-state index contributed by atoms with van der Waals surface area (Å²) in [6.45, 7) is 4.33. The van der Waals surface area contributed by atoms with Crippen LogP contribution in [0.1, 0.15) is 48.5 Å². The fourth-order valence-corrected chi connectivity index (χ4v) is 4.24. The first-order valence-corrected chi connectivity index (χ1v) is 11.8. The van der Waals surface area contributed by atoms with Crippen molar-refractivity contribution < 1.29 is 23.9 Å². The first kappa shape index (κ1) is 24.9. The molecule has 3 aromatic rings. The van der Waals surface area contributed by atoms with Crippen LogP contribution in [-0.4, -0.2) is 40.5 Å². The second kappa shape index (κ2) is 10.6. The van der Waals surface area contributed by atoms with E-state index in [1.807, 2.05) is 26.0 Å². The third-order valence-corrected chi connectivity index (χ3v) is 6.34. The molecule has 1 aliphatic heterocycles. The van der Waals surface area contributed by atoms with Crippen LogP contribution in [0.2, 0.25) is 0 Å². The number of nitrogens with zero attached hydrogens (tertiary/aromatic N) is 1. The molecule has 0 aromatic heterocycles. The van der Waals surface area contributed by atoms with E-state index in [1.54, 1.807) is 36.4 Å². The normalized spacial score (nSPS) is 15.1. The minimum Gasteiger partial charge on any atom is -0.478 e. The van der Waals surface area contributed by atoms with Crippen LogP contribution in [-0.2, 0) is 4.79 Å². The highest BCUT2D eigenvalue weighted by Crippen LogP contribution is 2.25. The Morgan fingerprint density at radius 2 is 1.58 bits per heavy atom. The zero-order chi connectivity index (χ0) is 25.8. The van der Waals surface area contributed by atoms with Crippen molar-refractivity contribution in [3.05, 3.63) is 83.7 Å². The van der Waals surface area contributed by atoms with Gasteiger partial charge in [-0.2, -0.15) is 0 Å². The molecule has 186 valence electrons. The Bertz CT molecular complexity index is 1270. The molecule has 0 aliphatic carbocycles. The molecule has 7 nitrogen and oxygen atoms in total. The van der Waals surface area contributed by atoms with Gasteiger partial charge in [-0.1, -0.05) is 44.2 Å². The first-order valence-electron chi connectivity index (χ1n) is 11.8. The second-order valence-electron chi connectivity index (χ2n) is 9.12. The number of carbonyl (C=O) groups is 3. The van der Waals surface area contributed by atoms with Crippen LogP contribution in [0.15, 0.2) is 66.7 Å². The number of urea groups is 1. The first-order chi connectivity index (χ1) is 17.2. The van der Waals surface area contributed by atoms with Crippen LogP contribution < -0.4 is 10.6 Å². The summed E-state index contributed by atoms with van der Waals surface area (Å²) in [5.74, 6) is -1.63. The quantitative estimate of drug-likeness (QED) is 0.398. The molecular weight excluding hydrogens is 461 g/mol. The molecular formula is C28H28FN3O4. The number of carboxylic acid groups (broad SMARTS) is 1. The van der Waals surface area contributed by atoms with Crippen molar-refractivity contribution in [2.24, 2.45) is 0 Å². The predicted octanol–water partition coefficient (Wildman–Crippen LogP) is 5.95. The van der Waals surface area contributed by atoms with E-state index in [-0.39, 0.29) is 23.1 Å². The Morgan fingerprint density at radius 1 is 0.944 bits per heavy atom. The molecule has 1 saturated heterocycles. The van der Waals surface area contributed by atoms with Gasteiger partial charge in [0, 0.05) is 12.2 Å². The molecule has 0 unspecified atom stereocenters. The van der Waals surface area contributed by atoms with E-state index in [0.29, 0.717) is 25.1 Å². The van der Waals surface area contributed by atoms with Gasteiger partial charge >= 0.3 is 12.0 Å². The molecule has 36 heavy (non-hydrogen) atoms. The van der Waals surface area contributed by atoms with Crippen molar-refractivity contribution >= 4 is 29.3 Å². The van der Waals surface area contributed by atoms with E-state index in [1.165, 1.54) is 23.1 Å². The topological polar surface area (TPSA) is 98.7 Å². The number of aromatic carboxylic acids is 1. The number of rotatable bonds is 6. The van der Waals surface area contributed by atoms with E-state index < -0.39 is 23.9 Å². The number of carboxylic acids is 1. The molecule has 0 bridgehead atoms. The van der Waals surface area contributed by atoms with Crippen molar-refractivity contribution in [2.45, 2.75) is 38.6 Å². The number of hydrogen-bond acceptors (Lipinski definition) is 3. The molecule has 3 amide bonds. The number of amides is 3. The van der Waals surface area contributed by atoms with Crippen LogP contribution in [0.4, 0.5) is 20.6 Å². The van der Waals surface area contributed by atoms with Gasteiger partial charge in [-0.15, -0.1) is 0 Å². The van der Waals surface area contributed by atoms with Crippen LogP contribution >= 0.6 is 0 Å². The van der Waals surface area contributed by atoms with Gasteiger partial charge < -0.3 is 20.6 Å². The van der Waals surface area contributed by atoms with Gasteiger partial charge in [0.05, 0.1) is 11.3 Å². The number of halogens is 1. The lowest BCUT2D eigenvalue weighted by molar-refractivity contribution is -0.119. The molecule has 1 atom stereocenters. The van der Waals surface area contributed by atoms with Gasteiger partial charge in [0.15, 0.2) is 0 Å². The molecule has 8 heteroatoms. The summed E-state index contributed by atoms with van der Waals surface area (Å²) in [5.41, 5.74) is 3.44. The number of nitrogens with one attached hydrogen (secondary N) is 2. The van der Waals surface area contributed by atoms with Crippen LogP contribution in [0.25, 0.3) is 11.1 Å². The number of hydrogen-bond donors (Lipinski definition) is 3. The number of likely N-dealkylation sites (tertiary alicyclic amines) is 1. The van der Waals surface area contributed by atoms with Gasteiger partial charge in [-0.3, -0.25) is 4.79 Å². The zero-order valence-electron chi connectivity index (χ0n) is 20.1. The largest absolute Gasteiger partial charge is 0.478 e. The highest BCUT2D eigenvalue weighted by Gasteiger charge is 2.34. The number of anilines is 2. The maximum Gasteiger partial charge on any atom is 0.335 e. The molecule has 1 fully saturated rings. The van der Waals surface area contributed by atoms with E-state index >= 15 is 0 Å². The average molecular weight is 490 g/mol. The van der Waals surface area contributed by atoms with Crippen LogP contribution in [0, 0.1) is 5.82 Å². The monoisotopic (exact) mass is 489 g/mol. The van der Waals surface area contributed by atoms with Crippen LogP contribution in [0.3, 0.4) is 0 Å². The lowest BCUT2D eigenvalue weighted by Crippen LogP contribution is -2.45. The summed E-state index contributed by atoms with van der Waals surface area (Å²) in [6, 6.07) is 17.3. The number of benzene rings is 3. The standard InChI is InChI=1S/C28H28FN3O4/c1-17(2)21-11-14-24(23(29)16-21)31-28(36)32-15-3-4-25(32)26(33)30-22-12-9-19(10-13-22)18-5-7-20(8-6-18)27(34)35/h5-14,16-17,25H,3-4,15H2,1-2H3,(H,30,33)(H,31,36)(H,34,35)/t25-/m1/s1. The van der Waals surface area contributed by atoms with E-state index in [4.69, 9.17) is 5.11 Å². The lowest BCUT2D eigenvalue weighted by Gasteiger charge is -2.24. The molecule has 4 rings (SSSR count). The SMILES string of the molecule is CC(C)c1ccc(NC(=O)N2CCC[C@@H]2C(=O)Nc2ccc(-c3ccc(C(=O)O)cc3)cc2)c(F)c1. The van der Waals surface area contributed by atoms with E-state index in [2.05, 4.69) is 10.6 Å².